The van der Waals surface area contributed by atoms with E-state index >= 15 is 0 Å². The number of anilines is 1. The fourth-order valence-electron chi connectivity index (χ4n) is 2.00. The normalized spacial score (nSPS) is 11.3. The molecule has 0 unspecified atom stereocenters. The summed E-state index contributed by atoms with van der Waals surface area (Å²) in [5.41, 5.74) is 0.160. The van der Waals surface area contributed by atoms with Gasteiger partial charge in [-0.2, -0.15) is 13.2 Å². The predicted octanol–water partition coefficient (Wildman–Crippen LogP) is 4.33. The highest BCUT2D eigenvalue weighted by molar-refractivity contribution is 5.92. The van der Waals surface area contributed by atoms with Gasteiger partial charge in [0.15, 0.2) is 0 Å². The number of hydrogen-bond acceptors (Lipinski definition) is 1. The van der Waals surface area contributed by atoms with E-state index in [1.165, 1.54) is 0 Å². The van der Waals surface area contributed by atoms with Crippen LogP contribution < -0.4 is 5.32 Å². The monoisotopic (exact) mass is 311 g/mol. The number of carbonyl (C=O) groups excluding carboxylic acids is 1. The second-order valence-corrected chi connectivity index (χ2v) is 4.91. The van der Waals surface area contributed by atoms with Crippen molar-refractivity contribution in [3.05, 3.63) is 65.0 Å². The molecule has 2 nitrogen and oxygen atoms in total. The third-order valence-electron chi connectivity index (χ3n) is 3.01. The van der Waals surface area contributed by atoms with Crippen LogP contribution in [-0.2, 0) is 17.4 Å². The Bertz CT molecular complexity index is 695. The Morgan fingerprint density at radius 1 is 1.14 bits per heavy atom. The zero-order valence-electron chi connectivity index (χ0n) is 11.7. The molecule has 0 aliphatic carbocycles. The number of hydrogen-bond donors (Lipinski definition) is 1. The van der Waals surface area contributed by atoms with Gasteiger partial charge in [-0.3, -0.25) is 4.79 Å². The van der Waals surface area contributed by atoms with Crippen molar-refractivity contribution < 1.29 is 22.4 Å². The summed E-state index contributed by atoms with van der Waals surface area (Å²) in [6.07, 6.45) is -4.64. The molecule has 0 fully saturated rings. The molecule has 0 atom stereocenters. The molecule has 1 amide bonds. The van der Waals surface area contributed by atoms with E-state index in [1.807, 2.05) is 13.0 Å². The summed E-state index contributed by atoms with van der Waals surface area (Å²) in [6, 6.07) is 9.02. The van der Waals surface area contributed by atoms with Gasteiger partial charge < -0.3 is 5.32 Å². The number of benzene rings is 2. The maximum absolute atomic E-state index is 13.5. The molecular formula is C16H13F4NO. The molecule has 0 heterocycles. The molecule has 2 aromatic rings. The van der Waals surface area contributed by atoms with Gasteiger partial charge >= 0.3 is 6.18 Å². The van der Waals surface area contributed by atoms with Gasteiger partial charge in [0.05, 0.1) is 17.7 Å². The molecule has 1 N–H and O–H groups in total. The van der Waals surface area contributed by atoms with Gasteiger partial charge in [-0.15, -0.1) is 0 Å². The summed E-state index contributed by atoms with van der Waals surface area (Å²) >= 11 is 0. The average Bonchev–Trinajstić information content (AvgIpc) is 2.40. The highest BCUT2D eigenvalue weighted by atomic mass is 19.4. The van der Waals surface area contributed by atoms with E-state index in [0.29, 0.717) is 23.8 Å². The Morgan fingerprint density at radius 3 is 2.50 bits per heavy atom. The topological polar surface area (TPSA) is 29.1 Å². The zero-order chi connectivity index (χ0) is 16.3. The van der Waals surface area contributed by atoms with E-state index in [1.54, 1.807) is 18.2 Å². The molecule has 22 heavy (non-hydrogen) atoms. The molecule has 0 bridgehead atoms. The molecular weight excluding hydrogens is 298 g/mol. The van der Waals surface area contributed by atoms with Crippen molar-refractivity contribution in [2.75, 3.05) is 5.32 Å². The van der Waals surface area contributed by atoms with Gasteiger partial charge in [-0.05, 0) is 30.7 Å². The van der Waals surface area contributed by atoms with Gasteiger partial charge in [-0.1, -0.05) is 29.8 Å². The Kier molecular flexibility index (Phi) is 4.49. The van der Waals surface area contributed by atoms with Gasteiger partial charge in [0.2, 0.25) is 5.91 Å². The number of rotatable bonds is 3. The maximum Gasteiger partial charge on any atom is 0.416 e. The minimum absolute atomic E-state index is 0.0443. The minimum Gasteiger partial charge on any atom is -0.323 e. The summed E-state index contributed by atoms with van der Waals surface area (Å²) in [4.78, 5) is 11.8. The van der Waals surface area contributed by atoms with Crippen LogP contribution in [0.25, 0.3) is 0 Å². The first-order valence-corrected chi connectivity index (χ1v) is 6.48. The number of alkyl halides is 3. The first kappa shape index (κ1) is 16.0. The molecule has 0 radical (unpaired) electrons. The average molecular weight is 311 g/mol. The van der Waals surface area contributed by atoms with Gasteiger partial charge in [0.1, 0.15) is 5.82 Å². The van der Waals surface area contributed by atoms with E-state index in [2.05, 4.69) is 5.32 Å². The van der Waals surface area contributed by atoms with Crippen LogP contribution in [0.15, 0.2) is 42.5 Å². The summed E-state index contributed by atoms with van der Waals surface area (Å²) < 4.78 is 51.3. The lowest BCUT2D eigenvalue weighted by Gasteiger charge is -2.11. The second kappa shape index (κ2) is 6.17. The maximum atomic E-state index is 13.5. The van der Waals surface area contributed by atoms with Crippen LogP contribution in [0.2, 0.25) is 0 Å². The third kappa shape index (κ3) is 4.07. The molecule has 2 rings (SSSR count). The van der Waals surface area contributed by atoms with Crippen LogP contribution in [0.4, 0.5) is 23.2 Å². The molecule has 0 saturated heterocycles. The van der Waals surface area contributed by atoms with E-state index in [4.69, 9.17) is 0 Å². The van der Waals surface area contributed by atoms with Gasteiger partial charge in [0.25, 0.3) is 0 Å². The van der Waals surface area contributed by atoms with Crippen molar-refractivity contribution in [3.63, 3.8) is 0 Å². The quantitative estimate of drug-likeness (QED) is 0.840. The van der Waals surface area contributed by atoms with Crippen LogP contribution in [0.1, 0.15) is 16.7 Å². The summed E-state index contributed by atoms with van der Waals surface area (Å²) in [6.45, 7) is 1.86. The van der Waals surface area contributed by atoms with E-state index in [-0.39, 0.29) is 6.42 Å². The number of halogens is 4. The Balaban J connectivity index is 2.14. The SMILES string of the molecule is Cc1cccc(CC(=O)Nc2cc(C(F)(F)F)ccc2F)c1. The highest BCUT2D eigenvalue weighted by Crippen LogP contribution is 2.31. The predicted molar refractivity (Wildman–Crippen MR) is 74.9 cm³/mol. The lowest BCUT2D eigenvalue weighted by atomic mass is 10.1. The largest absolute Gasteiger partial charge is 0.416 e. The first-order chi connectivity index (χ1) is 10.3. The Hall–Kier alpha value is -2.37. The van der Waals surface area contributed by atoms with Crippen LogP contribution >= 0.6 is 0 Å². The third-order valence-corrected chi connectivity index (χ3v) is 3.01. The van der Waals surface area contributed by atoms with Crippen molar-refractivity contribution in [2.45, 2.75) is 19.5 Å². The van der Waals surface area contributed by atoms with Gasteiger partial charge in [0, 0.05) is 0 Å². The number of carbonyl (C=O) groups is 1. The Morgan fingerprint density at radius 2 is 1.86 bits per heavy atom. The van der Waals surface area contributed by atoms with Crippen molar-refractivity contribution in [2.24, 2.45) is 0 Å². The molecule has 0 aliphatic rings. The molecule has 0 aromatic heterocycles. The molecule has 0 aliphatic heterocycles. The summed E-state index contributed by atoms with van der Waals surface area (Å²) in [5.74, 6) is -1.49. The summed E-state index contributed by atoms with van der Waals surface area (Å²) in [7, 11) is 0. The second-order valence-electron chi connectivity index (χ2n) is 4.91. The van der Waals surface area contributed by atoms with Crippen LogP contribution in [0.5, 0.6) is 0 Å². The van der Waals surface area contributed by atoms with Crippen LogP contribution in [0.3, 0.4) is 0 Å². The van der Waals surface area contributed by atoms with Crippen molar-refractivity contribution in [1.82, 2.24) is 0 Å². The molecule has 0 saturated carbocycles. The highest BCUT2D eigenvalue weighted by Gasteiger charge is 2.31. The minimum atomic E-state index is -4.59. The van der Waals surface area contributed by atoms with E-state index < -0.39 is 29.2 Å². The number of aryl methyl sites for hydroxylation is 1. The summed E-state index contributed by atoms with van der Waals surface area (Å²) in [5, 5.41) is 2.18. The van der Waals surface area contributed by atoms with Crippen molar-refractivity contribution in [3.8, 4) is 0 Å². The fourth-order valence-corrected chi connectivity index (χ4v) is 2.00. The standard InChI is InChI=1S/C16H13F4NO/c1-10-3-2-4-11(7-10)8-15(22)21-14-9-12(16(18,19)20)5-6-13(14)17/h2-7,9H,8H2,1H3,(H,21,22). The number of amides is 1. The van der Waals surface area contributed by atoms with Crippen molar-refractivity contribution in [1.29, 1.82) is 0 Å². The van der Waals surface area contributed by atoms with Crippen LogP contribution in [-0.4, -0.2) is 5.91 Å². The molecule has 116 valence electrons. The lowest BCUT2D eigenvalue weighted by molar-refractivity contribution is -0.137. The molecule has 6 heteroatoms. The van der Waals surface area contributed by atoms with Crippen molar-refractivity contribution >= 4 is 11.6 Å². The lowest BCUT2D eigenvalue weighted by Crippen LogP contribution is -2.16. The Labute approximate surface area is 124 Å². The number of nitrogens with one attached hydrogen (secondary N) is 1. The zero-order valence-corrected chi connectivity index (χ0v) is 11.7. The van der Waals surface area contributed by atoms with Gasteiger partial charge in [-0.25, -0.2) is 4.39 Å². The first-order valence-electron chi connectivity index (χ1n) is 6.48. The molecule has 2 aromatic carbocycles. The van der Waals surface area contributed by atoms with E-state index in [0.717, 1.165) is 5.56 Å². The smallest absolute Gasteiger partial charge is 0.323 e. The van der Waals surface area contributed by atoms with E-state index in [9.17, 15) is 22.4 Å². The molecule has 0 spiro atoms. The fraction of sp³-hybridized carbons (Fsp3) is 0.188. The van der Waals surface area contributed by atoms with Crippen LogP contribution in [0, 0.1) is 12.7 Å².